The zero-order chi connectivity index (χ0) is 28.4. The molecule has 0 aromatic heterocycles. The first-order valence-electron chi connectivity index (χ1n) is 11.6. The predicted molar refractivity (Wildman–Crippen MR) is 124 cm³/mol. The summed E-state index contributed by atoms with van der Waals surface area (Å²) in [5.74, 6) is -3.91. The number of nitrogens with one attached hydrogen (secondary N) is 1. The van der Waals surface area contributed by atoms with E-state index < -0.39 is 64.8 Å². The number of hydrogen-bond donors (Lipinski definition) is 3. The number of halogens is 6. The van der Waals surface area contributed by atoms with Gasteiger partial charge in [0.25, 0.3) is 5.91 Å². The van der Waals surface area contributed by atoms with Crippen molar-refractivity contribution in [1.82, 2.24) is 10.2 Å². The van der Waals surface area contributed by atoms with Gasteiger partial charge in [-0.2, -0.15) is 26.3 Å². The normalized spacial score (nSPS) is 18.6. The van der Waals surface area contributed by atoms with Crippen LogP contribution in [0.1, 0.15) is 63.8 Å². The molecule has 1 heterocycles. The third kappa shape index (κ3) is 6.09. The molecule has 3 unspecified atom stereocenters. The van der Waals surface area contributed by atoms with Crippen molar-refractivity contribution in [2.75, 3.05) is 13.6 Å². The van der Waals surface area contributed by atoms with Crippen LogP contribution in [-0.2, 0) is 21.9 Å². The molecule has 0 fully saturated rings. The van der Waals surface area contributed by atoms with Crippen molar-refractivity contribution in [1.29, 1.82) is 0 Å². The van der Waals surface area contributed by atoms with Gasteiger partial charge in [0, 0.05) is 12.6 Å². The first-order chi connectivity index (χ1) is 17.7. The molecule has 0 saturated heterocycles. The molecule has 3 atom stereocenters. The van der Waals surface area contributed by atoms with Gasteiger partial charge in [-0.25, -0.2) is 0 Å². The lowest BCUT2D eigenvalue weighted by molar-refractivity contribution is -0.143. The molecule has 206 valence electrons. The van der Waals surface area contributed by atoms with E-state index in [1.807, 2.05) is 0 Å². The molecule has 0 aliphatic carbocycles. The molecule has 7 nitrogen and oxygen atoms in total. The minimum atomic E-state index is -5.14. The zero-order valence-corrected chi connectivity index (χ0v) is 20.2. The van der Waals surface area contributed by atoms with Gasteiger partial charge in [0.1, 0.15) is 6.04 Å². The van der Waals surface area contributed by atoms with Crippen molar-refractivity contribution in [3.05, 3.63) is 70.3 Å². The Bertz CT molecular complexity index is 1180. The SMILES string of the molecule is CN1C(=O)c2ccccc2C(C(=O)NC(CCCCN)C(N)=O)C1c1cc(C(F)(F)F)cc(C(F)(F)F)c1. The smallest absolute Gasteiger partial charge is 0.368 e. The Balaban J connectivity index is 2.18. The van der Waals surface area contributed by atoms with E-state index in [4.69, 9.17) is 11.5 Å². The molecular weight excluding hydrogens is 518 g/mol. The summed E-state index contributed by atoms with van der Waals surface area (Å²) in [6, 6.07) is 4.00. The summed E-state index contributed by atoms with van der Waals surface area (Å²) in [6.45, 7) is 0.321. The van der Waals surface area contributed by atoms with Crippen molar-refractivity contribution in [2.45, 2.75) is 49.6 Å². The molecule has 5 N–H and O–H groups in total. The van der Waals surface area contributed by atoms with Crippen molar-refractivity contribution in [3.63, 3.8) is 0 Å². The van der Waals surface area contributed by atoms with Gasteiger partial charge in [0.2, 0.25) is 11.8 Å². The Morgan fingerprint density at radius 1 is 1.00 bits per heavy atom. The highest BCUT2D eigenvalue weighted by molar-refractivity contribution is 6.01. The van der Waals surface area contributed by atoms with Crippen LogP contribution in [-0.4, -0.2) is 42.3 Å². The monoisotopic (exact) mass is 544 g/mol. The molecule has 38 heavy (non-hydrogen) atoms. The van der Waals surface area contributed by atoms with Gasteiger partial charge in [0.05, 0.1) is 23.1 Å². The summed E-state index contributed by atoms with van der Waals surface area (Å²) in [5, 5.41) is 2.47. The topological polar surface area (TPSA) is 119 Å². The number of carbonyl (C=O) groups is 3. The third-order valence-corrected chi connectivity index (χ3v) is 6.42. The fraction of sp³-hybridized carbons (Fsp3) is 0.400. The van der Waals surface area contributed by atoms with Crippen LogP contribution in [0.15, 0.2) is 42.5 Å². The molecule has 1 aliphatic rings. The van der Waals surface area contributed by atoms with Crippen LogP contribution in [0.5, 0.6) is 0 Å². The second kappa shape index (κ2) is 11.0. The van der Waals surface area contributed by atoms with Crippen molar-refractivity contribution >= 4 is 17.7 Å². The number of amides is 3. The van der Waals surface area contributed by atoms with Gasteiger partial charge in [-0.15, -0.1) is 0 Å². The number of fused-ring (bicyclic) bond motifs is 1. The number of benzene rings is 2. The van der Waals surface area contributed by atoms with Crippen LogP contribution in [0.25, 0.3) is 0 Å². The number of nitrogens with two attached hydrogens (primary N) is 2. The van der Waals surface area contributed by atoms with E-state index in [2.05, 4.69) is 5.32 Å². The van der Waals surface area contributed by atoms with E-state index >= 15 is 0 Å². The Kier molecular flexibility index (Phi) is 8.39. The maximum absolute atomic E-state index is 13.6. The molecule has 0 bridgehead atoms. The van der Waals surface area contributed by atoms with Crippen LogP contribution >= 0.6 is 0 Å². The molecule has 3 rings (SSSR count). The second-order valence-corrected chi connectivity index (χ2v) is 9.01. The summed E-state index contributed by atoms with van der Waals surface area (Å²) >= 11 is 0. The highest BCUT2D eigenvalue weighted by Gasteiger charge is 2.45. The highest BCUT2D eigenvalue weighted by Crippen LogP contribution is 2.45. The van der Waals surface area contributed by atoms with Crippen molar-refractivity contribution in [2.24, 2.45) is 11.5 Å². The third-order valence-electron chi connectivity index (χ3n) is 6.42. The largest absolute Gasteiger partial charge is 0.416 e. The van der Waals surface area contributed by atoms with Crippen LogP contribution in [0, 0.1) is 0 Å². The Morgan fingerprint density at radius 3 is 2.11 bits per heavy atom. The van der Waals surface area contributed by atoms with Crippen molar-refractivity contribution < 1.29 is 40.7 Å². The molecule has 13 heteroatoms. The van der Waals surface area contributed by atoms with E-state index in [-0.39, 0.29) is 23.6 Å². The number of carbonyl (C=O) groups excluding carboxylic acids is 3. The molecule has 0 saturated carbocycles. The number of rotatable bonds is 8. The number of primary amides is 1. The maximum Gasteiger partial charge on any atom is 0.416 e. The van der Waals surface area contributed by atoms with E-state index in [9.17, 15) is 40.7 Å². The second-order valence-electron chi connectivity index (χ2n) is 9.01. The van der Waals surface area contributed by atoms with Crippen LogP contribution in [0.2, 0.25) is 0 Å². The Labute approximate surface area is 214 Å². The molecule has 3 amide bonds. The molecular formula is C25H26F6N4O3. The zero-order valence-electron chi connectivity index (χ0n) is 20.2. The van der Waals surface area contributed by atoms with E-state index in [1.165, 1.54) is 31.3 Å². The minimum Gasteiger partial charge on any atom is -0.368 e. The van der Waals surface area contributed by atoms with Crippen LogP contribution < -0.4 is 16.8 Å². The van der Waals surface area contributed by atoms with Gasteiger partial charge >= 0.3 is 12.4 Å². The summed E-state index contributed by atoms with van der Waals surface area (Å²) < 4.78 is 81.6. The standard InChI is InChI=1S/C25H26F6N4O3/c1-35-20(13-10-14(24(26,27)28)12-15(11-13)25(29,30)31)19(16-6-2-3-7-17(16)23(35)38)22(37)34-18(21(33)36)8-4-5-9-32/h2-3,6-7,10-12,18-20H,4-5,8-9,32H2,1H3,(H2,33,36)(H,34,37). The Hall–Kier alpha value is -3.61. The molecule has 2 aromatic rings. The summed E-state index contributed by atoms with van der Waals surface area (Å²) in [7, 11) is 1.18. The minimum absolute atomic E-state index is 0.0300. The fourth-order valence-corrected chi connectivity index (χ4v) is 4.56. The average Bonchev–Trinajstić information content (AvgIpc) is 2.84. The molecule has 0 spiro atoms. The van der Waals surface area contributed by atoms with Crippen molar-refractivity contribution in [3.8, 4) is 0 Å². The summed E-state index contributed by atoms with van der Waals surface area (Å²) in [4.78, 5) is 39.6. The van der Waals surface area contributed by atoms with Gasteiger partial charge in [-0.3, -0.25) is 14.4 Å². The maximum atomic E-state index is 13.6. The van der Waals surface area contributed by atoms with Gasteiger partial charge in [-0.1, -0.05) is 18.2 Å². The summed E-state index contributed by atoms with van der Waals surface area (Å²) in [6.07, 6.45) is -9.20. The first kappa shape index (κ1) is 29.0. The molecule has 0 radical (unpaired) electrons. The highest BCUT2D eigenvalue weighted by atomic mass is 19.4. The van der Waals surface area contributed by atoms with Gasteiger partial charge in [-0.05, 0) is 61.2 Å². The summed E-state index contributed by atoms with van der Waals surface area (Å²) in [5.41, 5.74) is 7.31. The van der Waals surface area contributed by atoms with Crippen LogP contribution in [0.4, 0.5) is 26.3 Å². The first-order valence-corrected chi connectivity index (χ1v) is 11.6. The quantitative estimate of drug-likeness (QED) is 0.347. The van der Waals surface area contributed by atoms with Gasteiger partial charge in [0.15, 0.2) is 0 Å². The van der Waals surface area contributed by atoms with Gasteiger partial charge < -0.3 is 21.7 Å². The lowest BCUT2D eigenvalue weighted by atomic mass is 9.78. The number of nitrogens with zero attached hydrogens (tertiary/aromatic N) is 1. The number of alkyl halides is 6. The number of likely N-dealkylation sites (N-methyl/N-ethyl adjacent to an activating group) is 1. The van der Waals surface area contributed by atoms with Crippen LogP contribution in [0.3, 0.4) is 0 Å². The fourth-order valence-electron chi connectivity index (χ4n) is 4.56. The van der Waals surface area contributed by atoms with E-state index in [1.54, 1.807) is 0 Å². The predicted octanol–water partition coefficient (Wildman–Crippen LogP) is 3.73. The average molecular weight is 544 g/mol. The number of hydrogen-bond acceptors (Lipinski definition) is 4. The Morgan fingerprint density at radius 2 is 1.58 bits per heavy atom. The lowest BCUT2D eigenvalue weighted by Gasteiger charge is -2.40. The lowest BCUT2D eigenvalue weighted by Crippen LogP contribution is -2.50. The molecule has 1 aliphatic heterocycles. The van der Waals surface area contributed by atoms with E-state index in [0.29, 0.717) is 31.5 Å². The molecule has 2 aromatic carbocycles. The number of unbranched alkanes of at least 4 members (excludes halogenated alkanes) is 1. The van der Waals surface area contributed by atoms with E-state index in [0.717, 1.165) is 4.90 Å².